The topological polar surface area (TPSA) is 89.6 Å². The fraction of sp³-hybridized carbons (Fsp3) is 0.900. The summed E-state index contributed by atoms with van der Waals surface area (Å²) in [5, 5.41) is 8.98. The van der Waals surface area contributed by atoms with Crippen LogP contribution >= 0.6 is 6.83 Å². The van der Waals surface area contributed by atoms with Gasteiger partial charge in [-0.25, -0.2) is 0 Å². The van der Waals surface area contributed by atoms with Crippen LogP contribution in [0.3, 0.4) is 0 Å². The van der Waals surface area contributed by atoms with Crippen molar-refractivity contribution in [3.05, 3.63) is 0 Å². The van der Waals surface area contributed by atoms with Crippen molar-refractivity contribution in [1.82, 2.24) is 0 Å². The molecule has 6 heteroatoms. The van der Waals surface area contributed by atoms with Crippen molar-refractivity contribution in [2.75, 3.05) is 24.6 Å². The van der Waals surface area contributed by atoms with Gasteiger partial charge in [-0.2, -0.15) is 0 Å². The predicted molar refractivity (Wildman–Crippen MR) is 112 cm³/mol. The van der Waals surface area contributed by atoms with E-state index in [0.717, 1.165) is 76.0 Å². The number of nitrogens with two attached hydrogens (primary N) is 1. The molecular formula is C20H42NO4P. The molecule has 0 radical (unpaired) electrons. The summed E-state index contributed by atoms with van der Waals surface area (Å²) in [6, 6.07) is -1.07. The summed E-state index contributed by atoms with van der Waals surface area (Å²) < 4.78 is 6.40. The minimum absolute atomic E-state index is 0.367. The molecule has 1 atom stereocenters. The molecule has 0 saturated heterocycles. The Hall–Kier alpha value is -0.670. The zero-order chi connectivity index (χ0) is 20.1. The van der Waals surface area contributed by atoms with Gasteiger partial charge in [0.25, 0.3) is 0 Å². The molecule has 0 amide bonds. The van der Waals surface area contributed by atoms with Crippen LogP contribution in [0.4, 0.5) is 0 Å². The number of carboxylic acid groups (broad SMARTS) is 1. The van der Waals surface area contributed by atoms with E-state index in [2.05, 4.69) is 27.7 Å². The SMILES string of the molecule is CCCCP(CCCC)(CCCC)(CCCC)OC(=O)[C@@H](N)CC(=O)O. The van der Waals surface area contributed by atoms with E-state index in [1.807, 2.05) is 0 Å². The van der Waals surface area contributed by atoms with Crippen molar-refractivity contribution in [2.24, 2.45) is 5.73 Å². The van der Waals surface area contributed by atoms with Gasteiger partial charge in [-0.15, -0.1) is 0 Å². The van der Waals surface area contributed by atoms with Gasteiger partial charge in [0.15, 0.2) is 0 Å². The van der Waals surface area contributed by atoms with E-state index in [4.69, 9.17) is 15.4 Å². The van der Waals surface area contributed by atoms with Crippen LogP contribution < -0.4 is 5.73 Å². The van der Waals surface area contributed by atoms with Crippen LogP contribution in [-0.4, -0.2) is 47.7 Å². The summed E-state index contributed by atoms with van der Waals surface area (Å²) in [4.78, 5) is 23.7. The third-order valence-electron chi connectivity index (χ3n) is 5.35. The average molecular weight is 392 g/mol. The number of hydrogen-bond donors (Lipinski definition) is 2. The number of aliphatic carboxylic acids is 1. The molecule has 5 nitrogen and oxygen atoms in total. The Morgan fingerprint density at radius 2 is 1.19 bits per heavy atom. The van der Waals surface area contributed by atoms with Crippen LogP contribution in [0.5, 0.6) is 0 Å². The first-order chi connectivity index (χ1) is 12.3. The van der Waals surface area contributed by atoms with E-state index in [1.54, 1.807) is 0 Å². The monoisotopic (exact) mass is 391 g/mol. The van der Waals surface area contributed by atoms with Gasteiger partial charge in [-0.05, 0) is 0 Å². The first-order valence-corrected chi connectivity index (χ1v) is 13.4. The van der Waals surface area contributed by atoms with Gasteiger partial charge in [-0.1, -0.05) is 0 Å². The molecule has 0 fully saturated rings. The van der Waals surface area contributed by atoms with Gasteiger partial charge in [0.05, 0.1) is 0 Å². The van der Waals surface area contributed by atoms with Crippen LogP contribution in [-0.2, 0) is 14.1 Å². The van der Waals surface area contributed by atoms with Crippen molar-refractivity contribution < 1.29 is 19.2 Å². The van der Waals surface area contributed by atoms with Crippen molar-refractivity contribution in [2.45, 2.75) is 91.5 Å². The molecule has 156 valence electrons. The third kappa shape index (κ3) is 8.35. The Morgan fingerprint density at radius 1 is 0.846 bits per heavy atom. The molecule has 26 heavy (non-hydrogen) atoms. The maximum absolute atomic E-state index is 12.8. The molecule has 0 aromatic heterocycles. The van der Waals surface area contributed by atoms with Gasteiger partial charge in [0.1, 0.15) is 0 Å². The summed E-state index contributed by atoms with van der Waals surface area (Å²) in [5.41, 5.74) is 5.86. The minimum atomic E-state index is -2.73. The molecule has 0 aliphatic rings. The second-order valence-electron chi connectivity index (χ2n) is 7.78. The van der Waals surface area contributed by atoms with E-state index in [0.29, 0.717) is 0 Å². The van der Waals surface area contributed by atoms with Gasteiger partial charge < -0.3 is 0 Å². The van der Waals surface area contributed by atoms with Crippen LogP contribution in [0, 0.1) is 0 Å². The third-order valence-corrected chi connectivity index (χ3v) is 11.8. The molecule has 0 aromatic carbocycles. The molecular weight excluding hydrogens is 349 g/mol. The molecule has 0 aromatic rings. The standard InChI is InChI=1S/C20H42NO4P/c1-5-9-13-26(14-10-6-2,15-11-7-3,16-12-8-4)25-20(24)18(21)17-19(22)23/h18H,5-17,21H2,1-4H3,(H,22,23)/t18-/m0/s1. The molecule has 0 spiro atoms. The summed E-state index contributed by atoms with van der Waals surface area (Å²) >= 11 is 0. The number of carboxylic acids is 1. The van der Waals surface area contributed by atoms with Crippen molar-refractivity contribution in [1.29, 1.82) is 0 Å². The maximum atomic E-state index is 12.8. The van der Waals surface area contributed by atoms with Gasteiger partial charge >= 0.3 is 160 Å². The Kier molecular flexibility index (Phi) is 12.3. The fourth-order valence-corrected chi connectivity index (χ4v) is 10.5. The van der Waals surface area contributed by atoms with E-state index >= 15 is 0 Å². The van der Waals surface area contributed by atoms with Crippen LogP contribution in [0.1, 0.15) is 85.5 Å². The van der Waals surface area contributed by atoms with Crippen molar-refractivity contribution in [3.63, 3.8) is 0 Å². The molecule has 0 bridgehead atoms. The second-order valence-corrected chi connectivity index (χ2v) is 13.5. The van der Waals surface area contributed by atoms with Crippen molar-refractivity contribution >= 4 is 18.8 Å². The summed E-state index contributed by atoms with van der Waals surface area (Å²) in [5.74, 6) is -1.55. The Morgan fingerprint density at radius 3 is 1.46 bits per heavy atom. The predicted octanol–water partition coefficient (Wildman–Crippen LogP) is 5.00. The zero-order valence-corrected chi connectivity index (χ0v) is 18.4. The molecule has 0 aliphatic carbocycles. The van der Waals surface area contributed by atoms with Crippen LogP contribution in [0.2, 0.25) is 0 Å². The first kappa shape index (κ1) is 25.3. The van der Waals surface area contributed by atoms with E-state index < -0.39 is 24.8 Å². The number of hydrogen-bond acceptors (Lipinski definition) is 4. The van der Waals surface area contributed by atoms with Gasteiger partial charge in [0.2, 0.25) is 0 Å². The second kappa shape index (κ2) is 12.7. The Balaban J connectivity index is 5.82. The Labute approximate surface area is 160 Å². The molecule has 3 N–H and O–H groups in total. The quantitative estimate of drug-likeness (QED) is 0.361. The molecule has 0 aliphatic heterocycles. The number of rotatable bonds is 16. The fourth-order valence-electron chi connectivity index (χ4n) is 3.68. The van der Waals surface area contributed by atoms with Crippen LogP contribution in [0.15, 0.2) is 0 Å². The Bertz CT molecular complexity index is 385. The van der Waals surface area contributed by atoms with E-state index in [1.165, 1.54) is 0 Å². The van der Waals surface area contributed by atoms with Gasteiger partial charge in [0, 0.05) is 0 Å². The molecule has 0 unspecified atom stereocenters. The van der Waals surface area contributed by atoms with E-state index in [9.17, 15) is 9.59 Å². The summed E-state index contributed by atoms with van der Waals surface area (Å²) in [7, 11) is 0. The molecule has 0 rings (SSSR count). The number of carbonyl (C=O) groups is 2. The first-order valence-electron chi connectivity index (χ1n) is 10.5. The van der Waals surface area contributed by atoms with Gasteiger partial charge in [-0.3, -0.25) is 0 Å². The van der Waals surface area contributed by atoms with Crippen molar-refractivity contribution in [3.8, 4) is 0 Å². The molecule has 0 heterocycles. The van der Waals surface area contributed by atoms with Crippen LogP contribution in [0.25, 0.3) is 0 Å². The summed E-state index contributed by atoms with van der Waals surface area (Å²) in [6.07, 6.45) is 12.0. The average Bonchev–Trinajstić information content (AvgIpc) is 2.61. The van der Waals surface area contributed by atoms with E-state index in [-0.39, 0.29) is 6.42 Å². The zero-order valence-electron chi connectivity index (χ0n) is 17.5. The number of carbonyl (C=O) groups excluding carboxylic acids is 1. The normalized spacial score (nSPS) is 14.4. The molecule has 0 saturated carbocycles. The summed E-state index contributed by atoms with van der Waals surface area (Å²) in [6.45, 7) is 5.95. The number of unbranched alkanes of at least 4 members (excludes halogenated alkanes) is 4.